The lowest BCUT2D eigenvalue weighted by Crippen LogP contribution is -2.33. The van der Waals surface area contributed by atoms with Crippen LogP contribution in [-0.2, 0) is 0 Å². The Hall–Kier alpha value is -3.55. The molecule has 0 bridgehead atoms. The fourth-order valence-corrected chi connectivity index (χ4v) is 5.01. The maximum absolute atomic E-state index is 6.56. The highest BCUT2D eigenvalue weighted by Crippen LogP contribution is 2.34. The van der Waals surface area contributed by atoms with Gasteiger partial charge in [-0.25, -0.2) is 9.51 Å². The summed E-state index contributed by atoms with van der Waals surface area (Å²) in [5.41, 5.74) is 19.2. The molecule has 0 amide bonds. The fourth-order valence-electron chi connectivity index (χ4n) is 4.84. The number of aliphatic imine (C=N–C) groups is 1. The number of para-hydroxylation sites is 1. The first-order valence-electron chi connectivity index (χ1n) is 12.2. The Kier molecular flexibility index (Phi) is 6.85. The topological polar surface area (TPSA) is 103 Å². The summed E-state index contributed by atoms with van der Waals surface area (Å²) in [6, 6.07) is 16.2. The molecule has 186 valence electrons. The molecule has 1 fully saturated rings. The second-order valence-corrected chi connectivity index (χ2v) is 9.78. The van der Waals surface area contributed by atoms with Gasteiger partial charge in [0.2, 0.25) is 0 Å². The lowest BCUT2D eigenvalue weighted by molar-refractivity contribution is 0.411. The van der Waals surface area contributed by atoms with Crippen LogP contribution >= 0.6 is 11.6 Å². The van der Waals surface area contributed by atoms with Crippen molar-refractivity contribution in [1.29, 1.82) is 0 Å². The van der Waals surface area contributed by atoms with E-state index in [2.05, 4.69) is 34.5 Å². The number of aryl methyl sites for hydroxylation is 1. The smallest absolute Gasteiger partial charge is 0.135 e. The number of aromatic nitrogens is 2. The van der Waals surface area contributed by atoms with Crippen molar-refractivity contribution in [3.8, 4) is 16.9 Å². The van der Waals surface area contributed by atoms with Gasteiger partial charge >= 0.3 is 0 Å². The summed E-state index contributed by atoms with van der Waals surface area (Å²) in [6.07, 6.45) is 7.80. The number of halogens is 1. The Morgan fingerprint density at radius 1 is 1.14 bits per heavy atom. The monoisotopic (exact) mass is 502 g/mol. The molecule has 0 saturated heterocycles. The zero-order valence-corrected chi connectivity index (χ0v) is 21.3. The van der Waals surface area contributed by atoms with Gasteiger partial charge in [0, 0.05) is 23.8 Å². The molecule has 2 aromatic heterocycles. The van der Waals surface area contributed by atoms with Crippen LogP contribution < -0.4 is 21.5 Å². The summed E-state index contributed by atoms with van der Waals surface area (Å²) in [5.74, 6) is 1.19. The molecule has 5 N–H and O–H groups in total. The van der Waals surface area contributed by atoms with Gasteiger partial charge in [-0.2, -0.15) is 5.10 Å². The Morgan fingerprint density at radius 3 is 2.64 bits per heavy atom. The summed E-state index contributed by atoms with van der Waals surface area (Å²) < 4.78 is 7.27. The molecule has 5 rings (SSSR count). The van der Waals surface area contributed by atoms with Crippen LogP contribution in [0.2, 0.25) is 5.02 Å². The molecule has 0 unspecified atom stereocenters. The number of nitrogens with one attached hydrogen (secondary N) is 1. The number of anilines is 1. The lowest BCUT2D eigenvalue weighted by atomic mass is 9.91. The summed E-state index contributed by atoms with van der Waals surface area (Å²) in [5, 5.41) is 8.99. The molecule has 4 aromatic rings. The van der Waals surface area contributed by atoms with Gasteiger partial charge in [0.05, 0.1) is 40.8 Å². The second-order valence-electron chi connectivity index (χ2n) is 9.38. The van der Waals surface area contributed by atoms with E-state index in [0.717, 1.165) is 64.9 Å². The molecule has 36 heavy (non-hydrogen) atoms. The molecule has 0 radical (unpaired) electrons. The number of nitrogens with two attached hydrogens (primary N) is 2. The minimum Gasteiger partial charge on any atom is -0.497 e. The van der Waals surface area contributed by atoms with E-state index in [0.29, 0.717) is 22.6 Å². The third kappa shape index (κ3) is 4.90. The van der Waals surface area contributed by atoms with Crippen molar-refractivity contribution in [1.82, 2.24) is 9.61 Å². The largest absolute Gasteiger partial charge is 0.497 e. The number of benzene rings is 2. The van der Waals surface area contributed by atoms with Crippen molar-refractivity contribution in [2.45, 2.75) is 44.7 Å². The van der Waals surface area contributed by atoms with E-state index >= 15 is 0 Å². The summed E-state index contributed by atoms with van der Waals surface area (Å²) in [6.45, 7) is 2.08. The molecule has 1 saturated carbocycles. The van der Waals surface area contributed by atoms with Gasteiger partial charge in [0.25, 0.3) is 0 Å². The van der Waals surface area contributed by atoms with E-state index in [-0.39, 0.29) is 6.04 Å². The number of hydrogen-bond acceptors (Lipinski definition) is 5. The van der Waals surface area contributed by atoms with Gasteiger partial charge in [-0.15, -0.1) is 0 Å². The highest BCUT2D eigenvalue weighted by atomic mass is 35.5. The van der Waals surface area contributed by atoms with Crippen LogP contribution in [0.15, 0.2) is 65.9 Å². The van der Waals surface area contributed by atoms with Crippen LogP contribution in [-0.4, -0.2) is 34.6 Å². The number of hydrogen-bond donors (Lipinski definition) is 3. The maximum atomic E-state index is 6.56. The normalized spacial score (nSPS) is 18.4. The van der Waals surface area contributed by atoms with Crippen LogP contribution in [0.25, 0.3) is 16.6 Å². The van der Waals surface area contributed by atoms with Crippen LogP contribution in [0.5, 0.6) is 5.75 Å². The van der Waals surface area contributed by atoms with E-state index in [9.17, 15) is 0 Å². The number of rotatable bonds is 6. The van der Waals surface area contributed by atoms with Crippen molar-refractivity contribution in [3.05, 3.63) is 77.1 Å². The standard InChI is InChI=1S/C28H31ClN6O/c1-17-13-21(36-2)11-12-22(17)18-14-26-27(33-20-9-7-19(30)8-10-20)23(15-32-35(26)16-18)28(31)34-25-6-4-3-5-24(25)29/h3-6,11-16,19-20,33H,7-10,30H2,1-2H3,(H2,31,34). The van der Waals surface area contributed by atoms with Gasteiger partial charge in [0.1, 0.15) is 11.6 Å². The van der Waals surface area contributed by atoms with Crippen LogP contribution in [0.4, 0.5) is 11.4 Å². The molecule has 2 aromatic carbocycles. The predicted octanol–water partition coefficient (Wildman–Crippen LogP) is 5.69. The van der Waals surface area contributed by atoms with Crippen LogP contribution in [0.3, 0.4) is 0 Å². The molecular formula is C28H31ClN6O. The minimum absolute atomic E-state index is 0.268. The van der Waals surface area contributed by atoms with Gasteiger partial charge in [0.15, 0.2) is 0 Å². The molecule has 7 nitrogen and oxygen atoms in total. The summed E-state index contributed by atoms with van der Waals surface area (Å²) in [4.78, 5) is 4.64. The van der Waals surface area contributed by atoms with E-state index in [1.165, 1.54) is 0 Å². The van der Waals surface area contributed by atoms with Crippen molar-refractivity contribution in [2.75, 3.05) is 12.4 Å². The highest BCUT2D eigenvalue weighted by molar-refractivity contribution is 6.33. The Labute approximate surface area is 216 Å². The second kappa shape index (κ2) is 10.2. The van der Waals surface area contributed by atoms with E-state index in [1.54, 1.807) is 19.4 Å². The van der Waals surface area contributed by atoms with E-state index in [1.807, 2.05) is 41.0 Å². The molecule has 1 aliphatic carbocycles. The number of ether oxygens (including phenoxy) is 1. The highest BCUT2D eigenvalue weighted by Gasteiger charge is 2.22. The molecule has 0 aliphatic heterocycles. The number of nitrogens with zero attached hydrogens (tertiary/aromatic N) is 3. The van der Waals surface area contributed by atoms with Gasteiger partial charge in [-0.05, 0) is 74.1 Å². The first-order valence-corrected chi connectivity index (χ1v) is 12.6. The first kappa shape index (κ1) is 24.2. The molecule has 0 spiro atoms. The molecule has 8 heteroatoms. The average Bonchev–Trinajstić information content (AvgIpc) is 3.31. The number of methoxy groups -OCH3 is 1. The zero-order valence-electron chi connectivity index (χ0n) is 20.5. The summed E-state index contributed by atoms with van der Waals surface area (Å²) >= 11 is 6.35. The van der Waals surface area contributed by atoms with E-state index < -0.39 is 0 Å². The van der Waals surface area contributed by atoms with Crippen molar-refractivity contribution < 1.29 is 4.74 Å². The third-order valence-corrected chi connectivity index (χ3v) is 7.19. The Morgan fingerprint density at radius 2 is 1.92 bits per heavy atom. The Balaban J connectivity index is 1.61. The van der Waals surface area contributed by atoms with Crippen LogP contribution in [0.1, 0.15) is 36.8 Å². The van der Waals surface area contributed by atoms with Gasteiger partial charge in [-0.1, -0.05) is 29.8 Å². The SMILES string of the molecule is COc1ccc(-c2cc3c(NC4CCC(N)CC4)c(/C(N)=N/c4ccccc4Cl)cnn3c2)c(C)c1. The summed E-state index contributed by atoms with van der Waals surface area (Å²) in [7, 11) is 1.68. The molecule has 0 atom stereocenters. The zero-order chi connectivity index (χ0) is 25.2. The van der Waals surface area contributed by atoms with Gasteiger partial charge < -0.3 is 21.5 Å². The number of fused-ring (bicyclic) bond motifs is 1. The fraction of sp³-hybridized carbons (Fsp3) is 0.286. The first-order chi connectivity index (χ1) is 17.4. The van der Waals surface area contributed by atoms with E-state index in [4.69, 9.17) is 27.8 Å². The van der Waals surface area contributed by atoms with Crippen molar-refractivity contribution in [3.63, 3.8) is 0 Å². The molecule has 2 heterocycles. The van der Waals surface area contributed by atoms with Crippen molar-refractivity contribution in [2.24, 2.45) is 16.5 Å². The van der Waals surface area contributed by atoms with Crippen LogP contribution in [0, 0.1) is 6.92 Å². The Bertz CT molecular complexity index is 1420. The lowest BCUT2D eigenvalue weighted by Gasteiger charge is -2.28. The maximum Gasteiger partial charge on any atom is 0.135 e. The predicted molar refractivity (Wildman–Crippen MR) is 148 cm³/mol. The van der Waals surface area contributed by atoms with Gasteiger partial charge in [-0.3, -0.25) is 0 Å². The van der Waals surface area contributed by atoms with Crippen molar-refractivity contribution >= 4 is 34.3 Å². The quantitative estimate of drug-likeness (QED) is 0.232. The average molecular weight is 503 g/mol. The molecular weight excluding hydrogens is 472 g/mol. The number of amidine groups is 1. The third-order valence-electron chi connectivity index (χ3n) is 6.87. The molecule has 1 aliphatic rings. The minimum atomic E-state index is 0.268.